The quantitative estimate of drug-likeness (QED) is 0.562. The van der Waals surface area contributed by atoms with Crippen molar-refractivity contribution in [2.45, 2.75) is 0 Å². The zero-order valence-electron chi connectivity index (χ0n) is 8.36. The largest absolute Gasteiger partial charge is 0.609 e. The summed E-state index contributed by atoms with van der Waals surface area (Å²) < 4.78 is 11.4. The highest BCUT2D eigenvalue weighted by molar-refractivity contribution is 8.05. The molecule has 0 bridgehead atoms. The maximum absolute atomic E-state index is 11.4. The summed E-state index contributed by atoms with van der Waals surface area (Å²) in [7, 11) is 0. The molecule has 1 atom stereocenters. The van der Waals surface area contributed by atoms with Crippen LogP contribution in [0.1, 0.15) is 0 Å². The Labute approximate surface area is 94.7 Å². The van der Waals surface area contributed by atoms with E-state index in [1.165, 1.54) is 6.34 Å². The lowest BCUT2D eigenvalue weighted by atomic mass is 10.3. The fraction of sp³-hybridized carbons (Fsp3) is 0.111. The van der Waals surface area contributed by atoms with Gasteiger partial charge in [-0.25, -0.2) is 14.9 Å². The molecule has 1 unspecified atom stereocenters. The predicted molar refractivity (Wildman–Crippen MR) is 63.9 cm³/mol. The Bertz CT molecular complexity index is 524. The van der Waals surface area contributed by atoms with E-state index in [2.05, 4.69) is 20.0 Å². The van der Waals surface area contributed by atoms with E-state index >= 15 is 0 Å². The third-order valence-corrected chi connectivity index (χ3v) is 2.87. The molecule has 3 aliphatic heterocycles. The van der Waals surface area contributed by atoms with Gasteiger partial charge in [-0.1, -0.05) is 6.08 Å². The lowest BCUT2D eigenvalue weighted by molar-refractivity contribution is 0.610. The number of hydrogen-bond acceptors (Lipinski definition) is 6. The van der Waals surface area contributed by atoms with Crippen LogP contribution < -0.4 is 0 Å². The summed E-state index contributed by atoms with van der Waals surface area (Å²) in [5.74, 6) is 1.82. The first kappa shape index (κ1) is 9.49. The highest BCUT2D eigenvalue weighted by atomic mass is 32.2. The van der Waals surface area contributed by atoms with Crippen LogP contribution in [0.3, 0.4) is 0 Å². The molecule has 0 fully saturated rings. The van der Waals surface area contributed by atoms with Crippen molar-refractivity contribution in [2.75, 3.05) is 6.26 Å². The third kappa shape index (κ3) is 1.33. The molecule has 16 heavy (non-hydrogen) atoms. The topological polar surface area (TPSA) is 75.7 Å². The Morgan fingerprint density at radius 3 is 3.06 bits per heavy atom. The van der Waals surface area contributed by atoms with Crippen LogP contribution in [-0.2, 0) is 11.2 Å². The SMILES string of the molecule is C[S+]([O-])C1=NC2=CC=CC3=NC=NC(=N1)N23. The van der Waals surface area contributed by atoms with Crippen molar-refractivity contribution in [3.8, 4) is 0 Å². The van der Waals surface area contributed by atoms with Crippen LogP contribution in [0.4, 0.5) is 0 Å². The lowest BCUT2D eigenvalue weighted by Gasteiger charge is -2.29. The van der Waals surface area contributed by atoms with E-state index in [4.69, 9.17) is 0 Å². The molecule has 0 aliphatic carbocycles. The normalized spacial score (nSPS) is 23.0. The maximum atomic E-state index is 11.4. The Balaban J connectivity index is 2.14. The molecule has 0 N–H and O–H groups in total. The standard InChI is InChI=1S/C9H7N5OS/c1-16(15)9-12-7-4-2-3-6-10-5-11-8(13-9)14(6)7/h2-5H,1H3. The van der Waals surface area contributed by atoms with E-state index in [9.17, 15) is 4.55 Å². The van der Waals surface area contributed by atoms with Crippen molar-refractivity contribution < 1.29 is 4.55 Å². The Hall–Kier alpha value is -1.73. The fourth-order valence-electron chi connectivity index (χ4n) is 1.49. The first-order valence-electron chi connectivity index (χ1n) is 4.55. The van der Waals surface area contributed by atoms with E-state index in [1.807, 2.05) is 12.2 Å². The summed E-state index contributed by atoms with van der Waals surface area (Å²) in [5.41, 5.74) is 0. The number of guanidine groups is 1. The van der Waals surface area contributed by atoms with Gasteiger partial charge in [-0.15, -0.1) is 4.99 Å². The molecule has 3 aliphatic rings. The second-order valence-electron chi connectivity index (χ2n) is 3.21. The van der Waals surface area contributed by atoms with Crippen molar-refractivity contribution in [2.24, 2.45) is 20.0 Å². The van der Waals surface area contributed by atoms with Crippen molar-refractivity contribution in [1.82, 2.24) is 4.90 Å². The minimum atomic E-state index is -1.22. The van der Waals surface area contributed by atoms with Crippen LogP contribution in [-0.4, -0.2) is 39.0 Å². The van der Waals surface area contributed by atoms with E-state index in [0.29, 0.717) is 11.8 Å². The van der Waals surface area contributed by atoms with Gasteiger partial charge in [0.25, 0.3) is 0 Å². The van der Waals surface area contributed by atoms with Crippen LogP contribution in [0.2, 0.25) is 0 Å². The zero-order chi connectivity index (χ0) is 11.1. The lowest BCUT2D eigenvalue weighted by Crippen LogP contribution is -2.40. The Morgan fingerprint density at radius 2 is 2.25 bits per heavy atom. The zero-order valence-corrected chi connectivity index (χ0v) is 9.18. The number of hydrogen-bond donors (Lipinski definition) is 0. The second kappa shape index (κ2) is 3.39. The smallest absolute Gasteiger partial charge is 0.347 e. The average Bonchev–Trinajstić information content (AvgIpc) is 2.29. The molecule has 80 valence electrons. The molecule has 0 aromatic heterocycles. The molecule has 0 amide bonds. The van der Waals surface area contributed by atoms with Crippen LogP contribution in [0.25, 0.3) is 0 Å². The van der Waals surface area contributed by atoms with Crippen LogP contribution in [0.5, 0.6) is 0 Å². The van der Waals surface area contributed by atoms with Gasteiger partial charge in [0.05, 0.1) is 0 Å². The Morgan fingerprint density at radius 1 is 1.38 bits per heavy atom. The average molecular weight is 233 g/mol. The summed E-state index contributed by atoms with van der Waals surface area (Å²) in [6, 6.07) is 0. The minimum absolute atomic E-state index is 0.284. The minimum Gasteiger partial charge on any atom is -0.609 e. The third-order valence-electron chi connectivity index (χ3n) is 2.17. The van der Waals surface area contributed by atoms with Gasteiger partial charge < -0.3 is 4.55 Å². The summed E-state index contributed by atoms with van der Waals surface area (Å²) in [4.78, 5) is 18.2. The fourth-order valence-corrected chi connectivity index (χ4v) is 1.93. The van der Waals surface area contributed by atoms with Crippen molar-refractivity contribution in [1.29, 1.82) is 0 Å². The van der Waals surface area contributed by atoms with Gasteiger partial charge in [0.1, 0.15) is 24.3 Å². The van der Waals surface area contributed by atoms with Crippen molar-refractivity contribution >= 4 is 34.5 Å². The van der Waals surface area contributed by atoms with Gasteiger partial charge in [0.15, 0.2) is 0 Å². The summed E-state index contributed by atoms with van der Waals surface area (Å²) in [6.07, 6.45) is 8.46. The molecule has 6 nitrogen and oxygen atoms in total. The molecule has 0 spiro atoms. The van der Waals surface area contributed by atoms with Gasteiger partial charge in [-0.2, -0.15) is 4.99 Å². The van der Waals surface area contributed by atoms with Crippen LogP contribution in [0.15, 0.2) is 44.0 Å². The summed E-state index contributed by atoms with van der Waals surface area (Å²) in [5, 5.41) is 0.284. The van der Waals surface area contributed by atoms with Gasteiger partial charge >= 0.3 is 5.17 Å². The van der Waals surface area contributed by atoms with E-state index in [1.54, 1.807) is 17.2 Å². The maximum Gasteiger partial charge on any atom is 0.347 e. The second-order valence-corrected chi connectivity index (χ2v) is 4.48. The highest BCUT2D eigenvalue weighted by Crippen LogP contribution is 2.22. The number of aliphatic imine (C=N–C) groups is 4. The van der Waals surface area contributed by atoms with E-state index in [-0.39, 0.29) is 5.17 Å². The first-order chi connectivity index (χ1) is 7.75. The molecule has 0 aromatic carbocycles. The first-order valence-corrected chi connectivity index (χ1v) is 6.11. The summed E-state index contributed by atoms with van der Waals surface area (Å²) >= 11 is -1.22. The summed E-state index contributed by atoms with van der Waals surface area (Å²) in [6.45, 7) is 0. The van der Waals surface area contributed by atoms with Crippen molar-refractivity contribution in [3.63, 3.8) is 0 Å². The highest BCUT2D eigenvalue weighted by Gasteiger charge is 2.30. The number of allylic oxidation sites excluding steroid dienone is 2. The van der Waals surface area contributed by atoms with Gasteiger partial charge in [-0.05, 0) is 12.2 Å². The van der Waals surface area contributed by atoms with E-state index < -0.39 is 11.2 Å². The van der Waals surface area contributed by atoms with Crippen LogP contribution in [0, 0.1) is 0 Å². The molecular weight excluding hydrogens is 226 g/mol. The number of nitrogens with zero attached hydrogens (tertiary/aromatic N) is 5. The van der Waals surface area contributed by atoms with Crippen molar-refractivity contribution in [3.05, 3.63) is 24.0 Å². The molecule has 0 saturated heterocycles. The molecule has 0 aromatic rings. The molecule has 3 rings (SSSR count). The van der Waals surface area contributed by atoms with Gasteiger partial charge in [-0.3, -0.25) is 0 Å². The number of amidine groups is 2. The monoisotopic (exact) mass is 233 g/mol. The van der Waals surface area contributed by atoms with Crippen LogP contribution >= 0.6 is 0 Å². The molecule has 7 heteroatoms. The Kier molecular flexibility index (Phi) is 2.01. The van der Waals surface area contributed by atoms with E-state index in [0.717, 1.165) is 5.84 Å². The predicted octanol–water partition coefficient (Wildman–Crippen LogP) is 0.244. The molecule has 3 heterocycles. The molecule has 0 radical (unpaired) electrons. The molecule has 0 saturated carbocycles. The number of rotatable bonds is 0. The van der Waals surface area contributed by atoms with Gasteiger partial charge in [0, 0.05) is 11.2 Å². The molecular formula is C9H7N5OS. The van der Waals surface area contributed by atoms with Gasteiger partial charge in [0.2, 0.25) is 5.96 Å².